The average Bonchev–Trinajstić information content (AvgIpc) is 1.97. The van der Waals surface area contributed by atoms with E-state index in [9.17, 15) is 0 Å². The van der Waals surface area contributed by atoms with Crippen molar-refractivity contribution >= 4 is 34.8 Å². The lowest BCUT2D eigenvalue weighted by Gasteiger charge is -1.97. The lowest BCUT2D eigenvalue weighted by molar-refractivity contribution is 0.0904. The Hall–Kier alpha value is 0.790. The Morgan fingerprint density at radius 2 is 1.75 bits per heavy atom. The lowest BCUT2D eigenvalue weighted by Crippen LogP contribution is -1.99. The highest BCUT2D eigenvalue weighted by atomic mass is 35.6. The molecular weight excluding hydrogens is 222 g/mol. The van der Waals surface area contributed by atoms with E-state index >= 15 is 0 Å². The number of unbranched alkanes of at least 4 members (excludes halogenated alkanes) is 1. The standard InChI is InChI=1S/C6H14O2.CHCl3/c1-2-3-5-8-6-4-7;2-1(3)4/h7H,2-6H2,1H3;1H. The van der Waals surface area contributed by atoms with E-state index in [2.05, 4.69) is 6.92 Å². The van der Waals surface area contributed by atoms with Crippen LogP contribution in [0.5, 0.6) is 0 Å². The van der Waals surface area contributed by atoms with Crippen molar-refractivity contribution in [3.63, 3.8) is 0 Å². The van der Waals surface area contributed by atoms with E-state index in [0.717, 1.165) is 19.4 Å². The van der Waals surface area contributed by atoms with Gasteiger partial charge in [-0.3, -0.25) is 0 Å². The number of hydrogen-bond acceptors (Lipinski definition) is 2. The molecule has 1 N–H and O–H groups in total. The maximum Gasteiger partial charge on any atom is 0.180 e. The van der Waals surface area contributed by atoms with Gasteiger partial charge in [0.15, 0.2) is 4.30 Å². The summed E-state index contributed by atoms with van der Waals surface area (Å²) in [7, 11) is 0. The first-order valence-electron chi connectivity index (χ1n) is 3.76. The largest absolute Gasteiger partial charge is 0.394 e. The van der Waals surface area contributed by atoms with Gasteiger partial charge in [-0.05, 0) is 6.42 Å². The van der Waals surface area contributed by atoms with Gasteiger partial charge in [-0.15, -0.1) is 0 Å². The topological polar surface area (TPSA) is 29.5 Å². The van der Waals surface area contributed by atoms with Crippen LogP contribution in [0, 0.1) is 0 Å². The van der Waals surface area contributed by atoms with Crippen molar-refractivity contribution in [2.45, 2.75) is 24.1 Å². The second-order valence-electron chi connectivity index (χ2n) is 1.94. The van der Waals surface area contributed by atoms with Crippen LogP contribution >= 0.6 is 34.8 Å². The third kappa shape index (κ3) is 30.8. The van der Waals surface area contributed by atoms with Crippen molar-refractivity contribution in [2.24, 2.45) is 0 Å². The molecule has 0 saturated carbocycles. The highest BCUT2D eigenvalue weighted by molar-refractivity contribution is 6.63. The summed E-state index contributed by atoms with van der Waals surface area (Å²) in [5.41, 5.74) is 0. The van der Waals surface area contributed by atoms with E-state index in [4.69, 9.17) is 44.6 Å². The van der Waals surface area contributed by atoms with Gasteiger partial charge in [-0.25, -0.2) is 0 Å². The number of hydrogen-bond donors (Lipinski definition) is 1. The quantitative estimate of drug-likeness (QED) is 0.589. The molecule has 0 unspecified atom stereocenters. The molecule has 0 aliphatic heterocycles. The average molecular weight is 238 g/mol. The van der Waals surface area contributed by atoms with E-state index in [-0.39, 0.29) is 6.61 Å². The van der Waals surface area contributed by atoms with Crippen LogP contribution in [0.4, 0.5) is 0 Å². The molecule has 0 aliphatic carbocycles. The minimum Gasteiger partial charge on any atom is -0.394 e. The first kappa shape index (κ1) is 15.3. The first-order valence-corrected chi connectivity index (χ1v) is 5.06. The summed E-state index contributed by atoms with van der Waals surface area (Å²) < 4.78 is 4.22. The predicted molar refractivity (Wildman–Crippen MR) is 54.2 cm³/mol. The summed E-state index contributed by atoms with van der Waals surface area (Å²) >= 11 is 14.4. The number of aliphatic hydroxyl groups is 1. The van der Waals surface area contributed by atoms with Gasteiger partial charge in [0.05, 0.1) is 13.2 Å². The number of alkyl halides is 3. The summed E-state index contributed by atoms with van der Waals surface area (Å²) in [6.07, 6.45) is 2.26. The molecule has 0 atom stereocenters. The monoisotopic (exact) mass is 236 g/mol. The van der Waals surface area contributed by atoms with Crippen molar-refractivity contribution in [3.05, 3.63) is 0 Å². The maximum absolute atomic E-state index is 8.24. The van der Waals surface area contributed by atoms with Crippen molar-refractivity contribution in [2.75, 3.05) is 19.8 Å². The Morgan fingerprint density at radius 1 is 1.25 bits per heavy atom. The molecule has 0 aromatic heterocycles. The Bertz CT molecular complexity index is 62.9. The van der Waals surface area contributed by atoms with Crippen LogP contribution in [0.2, 0.25) is 0 Å². The number of halogens is 3. The molecule has 0 rings (SSSR count). The van der Waals surface area contributed by atoms with Gasteiger partial charge in [-0.2, -0.15) is 0 Å². The van der Waals surface area contributed by atoms with Crippen LogP contribution in [0.15, 0.2) is 0 Å². The van der Waals surface area contributed by atoms with Gasteiger partial charge >= 0.3 is 0 Å². The van der Waals surface area contributed by atoms with Crippen LogP contribution < -0.4 is 0 Å². The third-order valence-electron chi connectivity index (χ3n) is 0.878. The smallest absolute Gasteiger partial charge is 0.180 e. The Morgan fingerprint density at radius 3 is 2.08 bits per heavy atom. The van der Waals surface area contributed by atoms with Crippen molar-refractivity contribution in [1.82, 2.24) is 0 Å². The van der Waals surface area contributed by atoms with Crippen LogP contribution in [0.25, 0.3) is 0 Å². The molecule has 76 valence electrons. The molecule has 2 nitrogen and oxygen atoms in total. The van der Waals surface area contributed by atoms with E-state index < -0.39 is 4.30 Å². The molecule has 0 spiro atoms. The van der Waals surface area contributed by atoms with E-state index in [1.54, 1.807) is 0 Å². The number of rotatable bonds is 5. The molecule has 0 heterocycles. The van der Waals surface area contributed by atoms with Gasteiger partial charge in [0.25, 0.3) is 0 Å². The Kier molecular flexibility index (Phi) is 18.2. The molecule has 0 aromatic rings. The minimum absolute atomic E-state index is 0.143. The second-order valence-corrected chi connectivity index (χ2v) is 3.92. The summed E-state index contributed by atoms with van der Waals surface area (Å²) in [4.78, 5) is 0. The summed E-state index contributed by atoms with van der Waals surface area (Å²) in [6.45, 7) is 3.53. The molecule has 0 radical (unpaired) electrons. The summed E-state index contributed by atoms with van der Waals surface area (Å²) in [5.74, 6) is 0. The minimum atomic E-state index is -0.750. The molecule has 0 amide bonds. The van der Waals surface area contributed by atoms with E-state index in [1.165, 1.54) is 0 Å². The highest BCUT2D eigenvalue weighted by Gasteiger charge is 1.82. The van der Waals surface area contributed by atoms with Crippen LogP contribution in [-0.4, -0.2) is 29.2 Å². The lowest BCUT2D eigenvalue weighted by atomic mass is 10.4. The van der Waals surface area contributed by atoms with E-state index in [0.29, 0.717) is 6.61 Å². The molecule has 5 heteroatoms. The maximum atomic E-state index is 8.24. The van der Waals surface area contributed by atoms with Crippen molar-refractivity contribution in [1.29, 1.82) is 0 Å². The Balaban J connectivity index is 0. The Labute approximate surface area is 88.8 Å². The van der Waals surface area contributed by atoms with E-state index in [1.807, 2.05) is 0 Å². The normalized spacial score (nSPS) is 9.50. The zero-order chi connectivity index (χ0) is 9.82. The molecule has 0 aromatic carbocycles. The van der Waals surface area contributed by atoms with Crippen LogP contribution in [0.3, 0.4) is 0 Å². The summed E-state index contributed by atoms with van der Waals surface area (Å²) in [5, 5.41) is 8.24. The molecule has 12 heavy (non-hydrogen) atoms. The van der Waals surface area contributed by atoms with Crippen molar-refractivity contribution < 1.29 is 9.84 Å². The number of ether oxygens (including phenoxy) is 1. The first-order chi connectivity index (χ1) is 5.65. The van der Waals surface area contributed by atoms with Crippen molar-refractivity contribution in [3.8, 4) is 0 Å². The fourth-order valence-electron chi connectivity index (χ4n) is 0.413. The van der Waals surface area contributed by atoms with Gasteiger partial charge in [-0.1, -0.05) is 48.1 Å². The molecule has 0 fully saturated rings. The second kappa shape index (κ2) is 14.3. The predicted octanol–water partition coefficient (Wildman–Crippen LogP) is 2.78. The van der Waals surface area contributed by atoms with Gasteiger partial charge in [0.1, 0.15) is 0 Å². The third-order valence-corrected chi connectivity index (χ3v) is 0.878. The zero-order valence-electron chi connectivity index (χ0n) is 7.10. The molecule has 0 saturated heterocycles. The van der Waals surface area contributed by atoms with Crippen LogP contribution in [-0.2, 0) is 4.74 Å². The highest BCUT2D eigenvalue weighted by Crippen LogP contribution is 2.03. The fourth-order valence-corrected chi connectivity index (χ4v) is 0.413. The van der Waals surface area contributed by atoms with Gasteiger partial charge in [0, 0.05) is 6.61 Å². The van der Waals surface area contributed by atoms with Gasteiger partial charge < -0.3 is 9.84 Å². The zero-order valence-corrected chi connectivity index (χ0v) is 9.37. The summed E-state index contributed by atoms with van der Waals surface area (Å²) in [6, 6.07) is 0. The SMILES string of the molecule is CCCCOCCO.ClC(Cl)Cl. The molecule has 0 bridgehead atoms. The van der Waals surface area contributed by atoms with Gasteiger partial charge in [0.2, 0.25) is 0 Å². The molecular formula is C7H15Cl3O2. The molecule has 0 aliphatic rings. The fraction of sp³-hybridized carbons (Fsp3) is 1.00. The van der Waals surface area contributed by atoms with Crippen LogP contribution in [0.1, 0.15) is 19.8 Å². The number of aliphatic hydroxyl groups excluding tert-OH is 1.